The van der Waals surface area contributed by atoms with Crippen molar-refractivity contribution < 1.29 is 0 Å². The SMILES string of the molecule is C[C@H](NCCCCc1ccccc1)c1cccc(Br)c1. The van der Waals surface area contributed by atoms with E-state index < -0.39 is 0 Å². The molecule has 0 aliphatic heterocycles. The average Bonchev–Trinajstić information content (AvgIpc) is 2.48. The van der Waals surface area contributed by atoms with Crippen LogP contribution in [-0.4, -0.2) is 6.54 Å². The molecule has 0 saturated carbocycles. The number of hydrogen-bond acceptors (Lipinski definition) is 1. The minimum Gasteiger partial charge on any atom is -0.310 e. The number of nitrogens with one attached hydrogen (secondary N) is 1. The van der Waals surface area contributed by atoms with Crippen LogP contribution in [0.3, 0.4) is 0 Å². The van der Waals surface area contributed by atoms with Gasteiger partial charge in [0.05, 0.1) is 0 Å². The van der Waals surface area contributed by atoms with Crippen molar-refractivity contribution in [2.75, 3.05) is 6.54 Å². The minimum atomic E-state index is 0.407. The van der Waals surface area contributed by atoms with E-state index in [-0.39, 0.29) is 0 Å². The number of unbranched alkanes of at least 4 members (excludes halogenated alkanes) is 1. The van der Waals surface area contributed by atoms with E-state index in [4.69, 9.17) is 0 Å². The molecule has 0 fully saturated rings. The van der Waals surface area contributed by atoms with Gasteiger partial charge in [0, 0.05) is 10.5 Å². The fraction of sp³-hybridized carbons (Fsp3) is 0.333. The van der Waals surface area contributed by atoms with Crippen LogP contribution in [0.5, 0.6) is 0 Å². The van der Waals surface area contributed by atoms with Crippen molar-refractivity contribution >= 4 is 15.9 Å². The van der Waals surface area contributed by atoms with E-state index in [1.54, 1.807) is 0 Å². The van der Waals surface area contributed by atoms with Gasteiger partial charge >= 0.3 is 0 Å². The summed E-state index contributed by atoms with van der Waals surface area (Å²) >= 11 is 3.52. The van der Waals surface area contributed by atoms with Crippen molar-refractivity contribution in [3.63, 3.8) is 0 Å². The van der Waals surface area contributed by atoms with Crippen LogP contribution in [0.2, 0.25) is 0 Å². The summed E-state index contributed by atoms with van der Waals surface area (Å²) in [6, 6.07) is 19.6. The second-order valence-corrected chi connectivity index (χ2v) is 6.09. The molecule has 2 heteroatoms. The van der Waals surface area contributed by atoms with Gasteiger partial charge in [-0.25, -0.2) is 0 Å². The lowest BCUT2D eigenvalue weighted by atomic mass is 10.1. The predicted molar refractivity (Wildman–Crippen MR) is 89.9 cm³/mol. The summed E-state index contributed by atoms with van der Waals surface area (Å²) in [5.41, 5.74) is 2.77. The Balaban J connectivity index is 1.66. The summed E-state index contributed by atoms with van der Waals surface area (Å²) in [4.78, 5) is 0. The maximum absolute atomic E-state index is 3.59. The zero-order valence-electron chi connectivity index (χ0n) is 12.0. The molecule has 0 unspecified atom stereocenters. The standard InChI is InChI=1S/C18H22BrN/c1-15(17-11-7-12-18(19)14-17)20-13-6-5-10-16-8-3-2-4-9-16/h2-4,7-9,11-12,14-15,20H,5-6,10,13H2,1H3/t15-/m0/s1. The molecule has 0 amide bonds. The monoisotopic (exact) mass is 331 g/mol. The van der Waals surface area contributed by atoms with Crippen molar-refractivity contribution in [1.82, 2.24) is 5.32 Å². The summed E-state index contributed by atoms with van der Waals surface area (Å²) in [5.74, 6) is 0. The Labute approximate surface area is 130 Å². The first kappa shape index (κ1) is 15.3. The summed E-state index contributed by atoms with van der Waals surface area (Å²) < 4.78 is 1.15. The van der Waals surface area contributed by atoms with Crippen LogP contribution in [0.4, 0.5) is 0 Å². The molecule has 0 saturated heterocycles. The molecule has 0 aliphatic carbocycles. The van der Waals surface area contributed by atoms with Crippen LogP contribution in [0.15, 0.2) is 59.1 Å². The van der Waals surface area contributed by atoms with Gasteiger partial charge in [-0.2, -0.15) is 0 Å². The molecular weight excluding hydrogens is 310 g/mol. The molecule has 2 aromatic rings. The van der Waals surface area contributed by atoms with Gasteiger partial charge in [0.15, 0.2) is 0 Å². The molecule has 1 nitrogen and oxygen atoms in total. The molecule has 0 bridgehead atoms. The van der Waals surface area contributed by atoms with E-state index in [2.05, 4.69) is 82.8 Å². The molecule has 2 aromatic carbocycles. The Kier molecular flexibility index (Phi) is 6.28. The van der Waals surface area contributed by atoms with Crippen LogP contribution in [0, 0.1) is 0 Å². The van der Waals surface area contributed by atoms with Gasteiger partial charge in [0.1, 0.15) is 0 Å². The fourth-order valence-corrected chi connectivity index (χ4v) is 2.73. The van der Waals surface area contributed by atoms with Gasteiger partial charge in [-0.1, -0.05) is 58.4 Å². The summed E-state index contributed by atoms with van der Waals surface area (Å²) in [5, 5.41) is 3.59. The van der Waals surface area contributed by atoms with Gasteiger partial charge < -0.3 is 5.32 Å². The molecule has 2 rings (SSSR count). The van der Waals surface area contributed by atoms with E-state index in [0.29, 0.717) is 6.04 Å². The van der Waals surface area contributed by atoms with Gasteiger partial charge in [0.2, 0.25) is 0 Å². The molecule has 1 atom stereocenters. The molecule has 0 aliphatic rings. The highest BCUT2D eigenvalue weighted by molar-refractivity contribution is 9.10. The summed E-state index contributed by atoms with van der Waals surface area (Å²) in [6.45, 7) is 3.29. The topological polar surface area (TPSA) is 12.0 Å². The van der Waals surface area contributed by atoms with E-state index in [1.165, 1.54) is 30.4 Å². The molecule has 106 valence electrons. The average molecular weight is 332 g/mol. The highest BCUT2D eigenvalue weighted by Gasteiger charge is 2.04. The largest absolute Gasteiger partial charge is 0.310 e. The number of benzene rings is 2. The Morgan fingerprint density at radius 1 is 1.00 bits per heavy atom. The second-order valence-electron chi connectivity index (χ2n) is 5.17. The molecule has 0 heterocycles. The first-order valence-electron chi connectivity index (χ1n) is 7.28. The maximum atomic E-state index is 3.59. The maximum Gasteiger partial charge on any atom is 0.0292 e. The zero-order valence-corrected chi connectivity index (χ0v) is 13.6. The molecule has 0 radical (unpaired) electrons. The second kappa shape index (κ2) is 8.23. The lowest BCUT2D eigenvalue weighted by Crippen LogP contribution is -2.19. The fourth-order valence-electron chi connectivity index (χ4n) is 2.31. The first-order valence-corrected chi connectivity index (χ1v) is 8.08. The highest BCUT2D eigenvalue weighted by atomic mass is 79.9. The molecule has 0 spiro atoms. The number of aryl methyl sites for hydroxylation is 1. The molecular formula is C18H22BrN. The molecule has 20 heavy (non-hydrogen) atoms. The third-order valence-corrected chi connectivity index (χ3v) is 4.03. The quantitative estimate of drug-likeness (QED) is 0.694. The molecule has 1 N–H and O–H groups in total. The van der Waals surface area contributed by atoms with Gasteiger partial charge in [-0.3, -0.25) is 0 Å². The lowest BCUT2D eigenvalue weighted by Gasteiger charge is -2.14. The van der Waals surface area contributed by atoms with Crippen molar-refractivity contribution in [1.29, 1.82) is 0 Å². The number of hydrogen-bond donors (Lipinski definition) is 1. The Bertz CT molecular complexity index is 510. The van der Waals surface area contributed by atoms with Crippen molar-refractivity contribution in [3.8, 4) is 0 Å². The predicted octanol–water partition coefficient (Wildman–Crippen LogP) is 5.12. The number of halogens is 1. The van der Waals surface area contributed by atoms with Crippen LogP contribution < -0.4 is 5.32 Å². The van der Waals surface area contributed by atoms with Crippen molar-refractivity contribution in [2.45, 2.75) is 32.2 Å². The third kappa shape index (κ3) is 5.10. The lowest BCUT2D eigenvalue weighted by molar-refractivity contribution is 0.546. The van der Waals surface area contributed by atoms with Gasteiger partial charge in [0.25, 0.3) is 0 Å². The summed E-state index contributed by atoms with van der Waals surface area (Å²) in [7, 11) is 0. The van der Waals surface area contributed by atoms with Crippen LogP contribution in [0.1, 0.15) is 36.9 Å². The van der Waals surface area contributed by atoms with Crippen LogP contribution in [0.25, 0.3) is 0 Å². The molecule has 0 aromatic heterocycles. The van der Waals surface area contributed by atoms with Gasteiger partial charge in [-0.05, 0) is 56.0 Å². The van der Waals surface area contributed by atoms with Crippen molar-refractivity contribution in [2.24, 2.45) is 0 Å². The van der Waals surface area contributed by atoms with Crippen LogP contribution in [-0.2, 0) is 6.42 Å². The van der Waals surface area contributed by atoms with E-state index in [0.717, 1.165) is 11.0 Å². The summed E-state index contributed by atoms with van der Waals surface area (Å²) in [6.07, 6.45) is 3.63. The smallest absolute Gasteiger partial charge is 0.0292 e. The Morgan fingerprint density at radius 2 is 1.80 bits per heavy atom. The van der Waals surface area contributed by atoms with Gasteiger partial charge in [-0.15, -0.1) is 0 Å². The minimum absolute atomic E-state index is 0.407. The van der Waals surface area contributed by atoms with E-state index in [1.807, 2.05) is 0 Å². The van der Waals surface area contributed by atoms with E-state index in [9.17, 15) is 0 Å². The normalized spacial score (nSPS) is 12.3. The number of rotatable bonds is 7. The first-order chi connectivity index (χ1) is 9.75. The Hall–Kier alpha value is -1.12. The third-order valence-electron chi connectivity index (χ3n) is 3.53. The van der Waals surface area contributed by atoms with Crippen molar-refractivity contribution in [3.05, 3.63) is 70.2 Å². The Morgan fingerprint density at radius 3 is 2.55 bits per heavy atom. The van der Waals surface area contributed by atoms with Crippen LogP contribution >= 0.6 is 15.9 Å². The zero-order chi connectivity index (χ0) is 14.2. The van der Waals surface area contributed by atoms with E-state index >= 15 is 0 Å². The highest BCUT2D eigenvalue weighted by Crippen LogP contribution is 2.17.